The summed E-state index contributed by atoms with van der Waals surface area (Å²) in [5.74, 6) is 0.400. The Kier molecular flexibility index (Phi) is 6.31. The van der Waals surface area contributed by atoms with Crippen molar-refractivity contribution in [3.05, 3.63) is 53.1 Å². The number of hydrogen-bond acceptors (Lipinski definition) is 4. The van der Waals surface area contributed by atoms with Crippen LogP contribution in [0.25, 0.3) is 0 Å². The summed E-state index contributed by atoms with van der Waals surface area (Å²) in [6, 6.07) is 10.9. The third kappa shape index (κ3) is 4.89. The minimum Gasteiger partial charge on any atom is -0.497 e. The highest BCUT2D eigenvalue weighted by atomic mass is 16.5. The zero-order valence-electron chi connectivity index (χ0n) is 16.7. The molecule has 6 nitrogen and oxygen atoms in total. The van der Waals surface area contributed by atoms with Crippen molar-refractivity contribution in [2.24, 2.45) is 0 Å². The highest BCUT2D eigenvalue weighted by Gasteiger charge is 2.16. The van der Waals surface area contributed by atoms with E-state index in [-0.39, 0.29) is 11.8 Å². The fourth-order valence-corrected chi connectivity index (χ4v) is 3.29. The second-order valence-corrected chi connectivity index (χ2v) is 7.20. The van der Waals surface area contributed by atoms with Crippen LogP contribution in [-0.2, 0) is 4.79 Å². The smallest absolute Gasteiger partial charge is 0.255 e. The first-order valence-electron chi connectivity index (χ1n) is 9.55. The van der Waals surface area contributed by atoms with Crippen molar-refractivity contribution < 1.29 is 14.3 Å². The minimum absolute atomic E-state index is 0.0498. The van der Waals surface area contributed by atoms with Crippen LogP contribution < -0.4 is 15.4 Å². The van der Waals surface area contributed by atoms with Crippen LogP contribution in [-0.4, -0.2) is 43.5 Å². The van der Waals surface area contributed by atoms with Gasteiger partial charge >= 0.3 is 0 Å². The van der Waals surface area contributed by atoms with Gasteiger partial charge in [-0.3, -0.25) is 14.5 Å². The molecule has 0 radical (unpaired) electrons. The molecule has 1 aliphatic heterocycles. The Bertz CT molecular complexity index is 873. The van der Waals surface area contributed by atoms with E-state index in [1.54, 1.807) is 25.3 Å². The van der Waals surface area contributed by atoms with Crippen molar-refractivity contribution in [1.29, 1.82) is 0 Å². The van der Waals surface area contributed by atoms with Gasteiger partial charge in [-0.2, -0.15) is 0 Å². The summed E-state index contributed by atoms with van der Waals surface area (Å²) in [6.07, 6.45) is 2.29. The number of nitrogens with one attached hydrogen (secondary N) is 2. The first-order chi connectivity index (χ1) is 13.5. The Morgan fingerprint density at radius 2 is 1.61 bits per heavy atom. The Morgan fingerprint density at radius 3 is 2.29 bits per heavy atom. The van der Waals surface area contributed by atoms with E-state index in [2.05, 4.69) is 15.5 Å². The lowest BCUT2D eigenvalue weighted by Crippen LogP contribution is -2.31. The number of amides is 2. The van der Waals surface area contributed by atoms with E-state index >= 15 is 0 Å². The van der Waals surface area contributed by atoms with Crippen molar-refractivity contribution in [3.8, 4) is 5.75 Å². The maximum absolute atomic E-state index is 12.7. The molecule has 2 amide bonds. The van der Waals surface area contributed by atoms with Gasteiger partial charge < -0.3 is 15.4 Å². The molecule has 2 aromatic carbocycles. The SMILES string of the molecule is COc1ccc(C)c(NC(=O)c2ccc(C)c(NC(=O)CN3CCCC3)c2)c1. The molecule has 1 saturated heterocycles. The first-order valence-corrected chi connectivity index (χ1v) is 9.55. The Morgan fingerprint density at radius 1 is 0.964 bits per heavy atom. The van der Waals surface area contributed by atoms with Crippen molar-refractivity contribution in [2.75, 3.05) is 37.4 Å². The third-order valence-electron chi connectivity index (χ3n) is 5.03. The third-order valence-corrected chi connectivity index (χ3v) is 5.03. The number of methoxy groups -OCH3 is 1. The summed E-state index contributed by atoms with van der Waals surface area (Å²) in [5, 5.41) is 5.87. The summed E-state index contributed by atoms with van der Waals surface area (Å²) in [7, 11) is 1.59. The highest BCUT2D eigenvalue weighted by molar-refractivity contribution is 6.06. The van der Waals surface area contributed by atoms with Crippen LogP contribution in [0.15, 0.2) is 36.4 Å². The van der Waals surface area contributed by atoms with Gasteiger partial charge in [0.1, 0.15) is 5.75 Å². The predicted molar refractivity (Wildman–Crippen MR) is 111 cm³/mol. The Labute approximate surface area is 165 Å². The van der Waals surface area contributed by atoms with E-state index in [1.165, 1.54) is 0 Å². The number of ether oxygens (including phenoxy) is 1. The van der Waals surface area contributed by atoms with Crippen molar-refractivity contribution in [2.45, 2.75) is 26.7 Å². The summed E-state index contributed by atoms with van der Waals surface area (Å²) < 4.78 is 5.23. The maximum atomic E-state index is 12.7. The number of carbonyl (C=O) groups is 2. The average Bonchev–Trinajstić information content (AvgIpc) is 3.18. The van der Waals surface area contributed by atoms with Gasteiger partial charge in [-0.15, -0.1) is 0 Å². The molecule has 148 valence electrons. The van der Waals surface area contributed by atoms with E-state index in [4.69, 9.17) is 4.74 Å². The number of hydrogen-bond donors (Lipinski definition) is 2. The van der Waals surface area contributed by atoms with E-state index in [9.17, 15) is 9.59 Å². The van der Waals surface area contributed by atoms with Crippen molar-refractivity contribution >= 4 is 23.2 Å². The lowest BCUT2D eigenvalue weighted by atomic mass is 10.1. The van der Waals surface area contributed by atoms with Crippen molar-refractivity contribution in [3.63, 3.8) is 0 Å². The molecule has 2 aromatic rings. The zero-order chi connectivity index (χ0) is 20.1. The quantitative estimate of drug-likeness (QED) is 0.802. The zero-order valence-corrected chi connectivity index (χ0v) is 16.7. The molecule has 0 aromatic heterocycles. The largest absolute Gasteiger partial charge is 0.497 e. The van der Waals surface area contributed by atoms with Crippen LogP contribution in [0.3, 0.4) is 0 Å². The lowest BCUT2D eigenvalue weighted by Gasteiger charge is -2.16. The molecule has 28 heavy (non-hydrogen) atoms. The molecule has 6 heteroatoms. The molecule has 0 saturated carbocycles. The standard InChI is InChI=1S/C22H27N3O3/c1-15-6-8-17(12-19(15)23-21(26)14-25-10-4-5-11-25)22(27)24-20-13-18(28-3)9-7-16(20)2/h6-9,12-13H,4-5,10-11,14H2,1-3H3,(H,23,26)(H,24,27). The molecule has 2 N–H and O–H groups in total. The van der Waals surface area contributed by atoms with E-state index in [0.29, 0.717) is 29.2 Å². The Hall–Kier alpha value is -2.86. The minimum atomic E-state index is -0.230. The fraction of sp³-hybridized carbons (Fsp3) is 0.364. The lowest BCUT2D eigenvalue weighted by molar-refractivity contribution is -0.117. The number of likely N-dealkylation sites (tertiary alicyclic amines) is 1. The van der Waals surface area contributed by atoms with E-state index in [0.717, 1.165) is 37.1 Å². The van der Waals surface area contributed by atoms with Gasteiger partial charge in [0.05, 0.1) is 13.7 Å². The number of aryl methyl sites for hydroxylation is 2. The summed E-state index contributed by atoms with van der Waals surface area (Å²) >= 11 is 0. The van der Waals surface area contributed by atoms with Gasteiger partial charge in [-0.25, -0.2) is 0 Å². The van der Waals surface area contributed by atoms with Crippen LogP contribution in [0.5, 0.6) is 5.75 Å². The molecular weight excluding hydrogens is 354 g/mol. The molecule has 0 aliphatic carbocycles. The fourth-order valence-electron chi connectivity index (χ4n) is 3.29. The second-order valence-electron chi connectivity index (χ2n) is 7.20. The predicted octanol–water partition coefficient (Wildman–Crippen LogP) is 3.60. The highest BCUT2D eigenvalue weighted by Crippen LogP contribution is 2.23. The van der Waals surface area contributed by atoms with Crippen LogP contribution in [0.4, 0.5) is 11.4 Å². The molecule has 1 fully saturated rings. The summed E-state index contributed by atoms with van der Waals surface area (Å²) in [4.78, 5) is 27.2. The molecule has 3 rings (SSSR count). The van der Waals surface area contributed by atoms with Gasteiger partial charge in [0.25, 0.3) is 5.91 Å². The number of carbonyl (C=O) groups excluding carboxylic acids is 2. The van der Waals surface area contributed by atoms with Crippen LogP contribution in [0, 0.1) is 13.8 Å². The summed E-state index contributed by atoms with van der Waals surface area (Å²) in [6.45, 7) is 6.16. The van der Waals surface area contributed by atoms with Gasteiger partial charge in [0, 0.05) is 23.0 Å². The van der Waals surface area contributed by atoms with Gasteiger partial charge in [-0.1, -0.05) is 12.1 Å². The van der Waals surface area contributed by atoms with Gasteiger partial charge in [0.2, 0.25) is 5.91 Å². The molecule has 0 unspecified atom stereocenters. The van der Waals surface area contributed by atoms with Crippen LogP contribution in [0.1, 0.15) is 34.3 Å². The number of benzene rings is 2. The van der Waals surface area contributed by atoms with Crippen LogP contribution in [0.2, 0.25) is 0 Å². The molecule has 0 spiro atoms. The topological polar surface area (TPSA) is 70.7 Å². The van der Waals surface area contributed by atoms with Gasteiger partial charge in [-0.05, 0) is 69.1 Å². The van der Waals surface area contributed by atoms with E-state index in [1.807, 2.05) is 32.0 Å². The van der Waals surface area contributed by atoms with E-state index < -0.39 is 0 Å². The Balaban J connectivity index is 1.71. The molecule has 1 heterocycles. The molecule has 0 atom stereocenters. The molecule has 0 bridgehead atoms. The maximum Gasteiger partial charge on any atom is 0.255 e. The first kappa shape index (κ1) is 19.9. The second kappa shape index (κ2) is 8.89. The van der Waals surface area contributed by atoms with Crippen LogP contribution >= 0.6 is 0 Å². The van der Waals surface area contributed by atoms with Crippen molar-refractivity contribution in [1.82, 2.24) is 4.90 Å². The molecular formula is C22H27N3O3. The number of anilines is 2. The number of nitrogens with zero attached hydrogens (tertiary/aromatic N) is 1. The van der Waals surface area contributed by atoms with Gasteiger partial charge in [0.15, 0.2) is 0 Å². The summed E-state index contributed by atoms with van der Waals surface area (Å²) in [5.41, 5.74) is 3.72. The molecule has 1 aliphatic rings. The normalized spacial score (nSPS) is 14.0. The average molecular weight is 381 g/mol. The monoisotopic (exact) mass is 381 g/mol. The number of rotatable bonds is 6.